The molecule has 1 N–H and O–H groups in total. The van der Waals surface area contributed by atoms with Gasteiger partial charge in [0.25, 0.3) is 0 Å². The molecule has 7 aliphatic rings. The second kappa shape index (κ2) is 7.63. The Bertz CT molecular complexity index is 2340. The van der Waals surface area contributed by atoms with Crippen LogP contribution < -0.4 is 0 Å². The van der Waals surface area contributed by atoms with Crippen LogP contribution in [-0.2, 0) is 0 Å². The topological polar surface area (TPSA) is 39.6 Å². The molecule has 0 radical (unpaired) electrons. The van der Waals surface area contributed by atoms with Gasteiger partial charge in [0.05, 0.1) is 11.6 Å². The summed E-state index contributed by atoms with van der Waals surface area (Å²) in [5, 5.41) is 13.2. The predicted octanol–water partition coefficient (Wildman–Crippen LogP) is 9.42. The van der Waals surface area contributed by atoms with Gasteiger partial charge in [0, 0.05) is 45.5 Å². The lowest BCUT2D eigenvalue weighted by atomic mass is 9.58. The Morgan fingerprint density at radius 1 is 0.605 bits per heavy atom. The number of allylic oxidation sites excluding steroid dienone is 4. The quantitative estimate of drug-likeness (QED) is 0.202. The van der Waals surface area contributed by atoms with Crippen LogP contribution in [0.4, 0.5) is 0 Å². The number of hydrogen-bond acceptors (Lipinski definition) is 1. The van der Waals surface area contributed by atoms with E-state index in [0.717, 1.165) is 23.9 Å². The fourth-order valence-electron chi connectivity index (χ4n) is 9.80. The molecule has 6 aromatic rings. The number of hydrogen-bond donors (Lipinski definition) is 1. The van der Waals surface area contributed by atoms with E-state index >= 15 is 0 Å². The maximum Gasteiger partial charge on any atom is 0.0995 e. The summed E-state index contributed by atoms with van der Waals surface area (Å²) in [6.45, 7) is 0. The molecule has 2 atom stereocenters. The van der Waals surface area contributed by atoms with Gasteiger partial charge in [-0.2, -0.15) is 5.26 Å². The van der Waals surface area contributed by atoms with Crippen molar-refractivity contribution in [2.45, 2.75) is 36.5 Å². The van der Waals surface area contributed by atoms with E-state index in [2.05, 4.69) is 114 Å². The summed E-state index contributed by atoms with van der Waals surface area (Å²) in [6, 6.07) is 36.8. The van der Waals surface area contributed by atoms with Crippen LogP contribution >= 0.6 is 0 Å². The Hall–Kier alpha value is -5.13. The van der Waals surface area contributed by atoms with E-state index < -0.39 is 0 Å². The second-order valence-electron chi connectivity index (χ2n) is 13.0. The Morgan fingerprint density at radius 2 is 1.19 bits per heavy atom. The first kappa shape index (κ1) is 22.5. The Balaban J connectivity index is 1.25. The second-order valence-corrected chi connectivity index (χ2v) is 13.0. The lowest BCUT2D eigenvalue weighted by Gasteiger charge is -2.45. The van der Waals surface area contributed by atoms with Crippen molar-refractivity contribution in [2.75, 3.05) is 0 Å². The normalized spacial score (nSPS) is 23.0. The minimum atomic E-state index is 0.159. The van der Waals surface area contributed by atoms with E-state index in [9.17, 15) is 5.26 Å². The van der Waals surface area contributed by atoms with Crippen molar-refractivity contribution in [3.63, 3.8) is 0 Å². The first-order valence-electron chi connectivity index (χ1n) is 15.5. The smallest absolute Gasteiger partial charge is 0.0995 e. The maximum atomic E-state index is 10.6. The van der Waals surface area contributed by atoms with Crippen molar-refractivity contribution in [3.8, 4) is 6.07 Å². The molecular formula is C41H26N2. The summed E-state index contributed by atoms with van der Waals surface area (Å²) in [4.78, 5) is 3.83. The van der Waals surface area contributed by atoms with Gasteiger partial charge in [-0.25, -0.2) is 0 Å². The predicted molar refractivity (Wildman–Crippen MR) is 171 cm³/mol. The molecule has 2 unspecified atom stereocenters. The van der Waals surface area contributed by atoms with Crippen molar-refractivity contribution < 1.29 is 0 Å². The van der Waals surface area contributed by atoms with Gasteiger partial charge in [0.2, 0.25) is 0 Å². The summed E-state index contributed by atoms with van der Waals surface area (Å²) >= 11 is 0. The fraction of sp³-hybridized carbons (Fsp3) is 0.146. The van der Waals surface area contributed by atoms with Gasteiger partial charge >= 0.3 is 0 Å². The van der Waals surface area contributed by atoms with Crippen LogP contribution in [0.1, 0.15) is 97.7 Å². The highest BCUT2D eigenvalue weighted by Crippen LogP contribution is 2.61. The van der Waals surface area contributed by atoms with Crippen LogP contribution in [0.5, 0.6) is 0 Å². The summed E-state index contributed by atoms with van der Waals surface area (Å²) in [5.74, 6) is 0.803. The van der Waals surface area contributed by atoms with Crippen LogP contribution in [0, 0.1) is 11.3 Å². The Kier molecular flexibility index (Phi) is 3.98. The van der Waals surface area contributed by atoms with Crippen LogP contribution in [0.25, 0.3) is 21.8 Å². The minimum absolute atomic E-state index is 0.159. The molecule has 5 aromatic carbocycles. The third-order valence-corrected chi connectivity index (χ3v) is 11.3. The van der Waals surface area contributed by atoms with E-state index in [1.807, 2.05) is 0 Å². The molecule has 1 aromatic heterocycles. The third kappa shape index (κ3) is 2.54. The average Bonchev–Trinajstić information content (AvgIpc) is 3.43. The number of H-pyrrole nitrogens is 1. The Labute approximate surface area is 249 Å². The minimum Gasteiger partial charge on any atom is -0.354 e. The van der Waals surface area contributed by atoms with Crippen molar-refractivity contribution in [1.29, 1.82) is 5.26 Å². The van der Waals surface area contributed by atoms with E-state index in [4.69, 9.17) is 0 Å². The molecule has 2 nitrogen and oxygen atoms in total. The maximum absolute atomic E-state index is 10.6. The summed E-state index contributed by atoms with van der Waals surface area (Å²) in [6.07, 6.45) is 6.90. The highest BCUT2D eigenvalue weighted by molar-refractivity contribution is 6.12. The molecule has 1 heterocycles. The number of aromatic amines is 1. The fourth-order valence-corrected chi connectivity index (χ4v) is 9.80. The Morgan fingerprint density at radius 3 is 1.81 bits per heavy atom. The van der Waals surface area contributed by atoms with Gasteiger partial charge in [-0.15, -0.1) is 0 Å². The monoisotopic (exact) mass is 546 g/mol. The third-order valence-electron chi connectivity index (χ3n) is 11.3. The molecule has 0 fully saturated rings. The van der Waals surface area contributed by atoms with Gasteiger partial charge < -0.3 is 4.98 Å². The van der Waals surface area contributed by atoms with Gasteiger partial charge in [-0.05, 0) is 92.2 Å². The van der Waals surface area contributed by atoms with E-state index in [1.54, 1.807) is 0 Å². The van der Waals surface area contributed by atoms with Crippen molar-refractivity contribution >= 4 is 21.8 Å². The first-order valence-corrected chi connectivity index (χ1v) is 15.5. The molecule has 0 aliphatic heterocycles. The number of benzene rings is 5. The molecule has 7 aliphatic carbocycles. The van der Waals surface area contributed by atoms with Gasteiger partial charge in [-0.1, -0.05) is 90.5 Å². The van der Waals surface area contributed by atoms with Gasteiger partial charge in [0.15, 0.2) is 0 Å². The lowest BCUT2D eigenvalue weighted by molar-refractivity contribution is 0.695. The molecule has 0 saturated carbocycles. The number of aromatic nitrogens is 1. The zero-order chi connectivity index (χ0) is 28.0. The summed E-state index contributed by atoms with van der Waals surface area (Å²) in [5.41, 5.74) is 20.1. The number of fused-ring (bicyclic) bond motifs is 3. The van der Waals surface area contributed by atoms with Crippen LogP contribution in [0.3, 0.4) is 0 Å². The van der Waals surface area contributed by atoms with E-state index in [-0.39, 0.29) is 23.7 Å². The molecule has 4 bridgehead atoms. The van der Waals surface area contributed by atoms with Gasteiger partial charge in [0.1, 0.15) is 0 Å². The lowest BCUT2D eigenvalue weighted by Crippen LogP contribution is -2.29. The van der Waals surface area contributed by atoms with Crippen LogP contribution in [-0.4, -0.2) is 4.98 Å². The number of nitrogens with one attached hydrogen (secondary N) is 1. The molecular weight excluding hydrogens is 520 g/mol. The van der Waals surface area contributed by atoms with Crippen molar-refractivity contribution in [2.24, 2.45) is 0 Å². The molecule has 2 heteroatoms. The molecule has 13 rings (SSSR count). The summed E-state index contributed by atoms with van der Waals surface area (Å²) in [7, 11) is 0. The zero-order valence-electron chi connectivity index (χ0n) is 23.5. The molecule has 0 spiro atoms. The van der Waals surface area contributed by atoms with Crippen LogP contribution in [0.2, 0.25) is 0 Å². The largest absolute Gasteiger partial charge is 0.354 e. The highest BCUT2D eigenvalue weighted by atomic mass is 14.7. The summed E-state index contributed by atoms with van der Waals surface area (Å²) < 4.78 is 0. The molecule has 0 saturated heterocycles. The van der Waals surface area contributed by atoms with E-state index in [1.165, 1.54) is 83.1 Å². The first-order chi connectivity index (χ1) is 21.3. The standard InChI is InChI=1S/C41H26N2/c42-20-21-17-34-40(41-35(21)38-26-13-5-7-15-28(26)39(41)29-16-8-6-14-27(29)38)32-18-30-31(19-33(32)43-34)37-24-11-3-1-9-22(24)36(30)23-10-2-4-12-25(23)37/h1-5,7-13,15-19,36-39,43H,6,14H2. The average molecular weight is 547 g/mol. The number of nitriles is 1. The molecule has 200 valence electrons. The molecule has 0 amide bonds. The van der Waals surface area contributed by atoms with Crippen molar-refractivity contribution in [1.82, 2.24) is 4.98 Å². The van der Waals surface area contributed by atoms with E-state index in [0.29, 0.717) is 0 Å². The van der Waals surface area contributed by atoms with Gasteiger partial charge in [-0.3, -0.25) is 0 Å². The van der Waals surface area contributed by atoms with Crippen molar-refractivity contribution in [3.05, 3.63) is 175 Å². The SMILES string of the molecule is N#Cc1cc2[nH]c3cc4c(cc3c2c2c1C1C3=C(C=CCC3)C2c2ccccc21)C1c2ccccc2C4c2ccccc21. The van der Waals surface area contributed by atoms with Crippen LogP contribution in [0.15, 0.2) is 114 Å². The number of rotatable bonds is 0. The highest BCUT2D eigenvalue weighted by Gasteiger charge is 2.46. The zero-order valence-corrected chi connectivity index (χ0v) is 23.5. The number of nitrogens with zero attached hydrogens (tertiary/aromatic N) is 1. The molecule has 43 heavy (non-hydrogen) atoms.